The van der Waals surface area contributed by atoms with Crippen molar-refractivity contribution in [1.29, 1.82) is 5.26 Å². The summed E-state index contributed by atoms with van der Waals surface area (Å²) in [6.45, 7) is 0. The van der Waals surface area contributed by atoms with E-state index in [0.29, 0.717) is 34.8 Å². The number of nitrogens with one attached hydrogen (secondary N) is 2. The van der Waals surface area contributed by atoms with Crippen molar-refractivity contribution in [3.63, 3.8) is 0 Å². The molecule has 0 spiro atoms. The number of fused-ring (bicyclic) bond motifs is 1. The molecule has 0 saturated carbocycles. The average Bonchev–Trinajstić information content (AvgIpc) is 2.76. The summed E-state index contributed by atoms with van der Waals surface area (Å²) in [6, 6.07) is 20.9. The van der Waals surface area contributed by atoms with Crippen molar-refractivity contribution in [3.05, 3.63) is 88.4 Å². The van der Waals surface area contributed by atoms with Crippen molar-refractivity contribution in [1.82, 2.24) is 0 Å². The lowest BCUT2D eigenvalue weighted by Crippen LogP contribution is -2.20. The Morgan fingerprint density at radius 2 is 1.81 bits per heavy atom. The Labute approximate surface area is 185 Å². The van der Waals surface area contributed by atoms with E-state index in [9.17, 15) is 18.5 Å². The summed E-state index contributed by atoms with van der Waals surface area (Å²) in [5.74, 6) is -0.641. The molecule has 1 atom stereocenters. The highest BCUT2D eigenvalue weighted by molar-refractivity contribution is 7.92. The minimum Gasteiger partial charge on any atom is -0.326 e. The first-order chi connectivity index (χ1) is 14.9. The summed E-state index contributed by atoms with van der Waals surface area (Å²) < 4.78 is 28.3. The zero-order valence-corrected chi connectivity index (χ0v) is 17.9. The number of aryl methyl sites for hydroxylation is 1. The zero-order chi connectivity index (χ0) is 22.0. The number of rotatable bonds is 5. The van der Waals surface area contributed by atoms with Gasteiger partial charge in [-0.1, -0.05) is 48.0 Å². The fourth-order valence-corrected chi connectivity index (χ4v) is 4.92. The van der Waals surface area contributed by atoms with Gasteiger partial charge in [-0.3, -0.25) is 9.52 Å². The van der Waals surface area contributed by atoms with E-state index >= 15 is 0 Å². The van der Waals surface area contributed by atoms with Gasteiger partial charge in [-0.15, -0.1) is 0 Å². The van der Waals surface area contributed by atoms with Crippen molar-refractivity contribution in [2.24, 2.45) is 0 Å². The number of sulfonamides is 1. The number of carbonyl (C=O) groups excluding carboxylic acids is 1. The van der Waals surface area contributed by atoms with E-state index in [1.54, 1.807) is 24.3 Å². The van der Waals surface area contributed by atoms with Crippen molar-refractivity contribution < 1.29 is 13.2 Å². The van der Waals surface area contributed by atoms with Gasteiger partial charge in [0.05, 0.1) is 22.6 Å². The fraction of sp³-hybridized carbons (Fsp3) is 0.130. The second-order valence-electron chi connectivity index (χ2n) is 7.18. The third-order valence-electron chi connectivity index (χ3n) is 5.11. The van der Waals surface area contributed by atoms with Gasteiger partial charge in [0.25, 0.3) is 10.0 Å². The Morgan fingerprint density at radius 1 is 1.03 bits per heavy atom. The molecule has 0 bridgehead atoms. The summed E-state index contributed by atoms with van der Waals surface area (Å²) in [7, 11) is -3.85. The molecule has 1 aliphatic rings. The topological polar surface area (TPSA) is 99.1 Å². The van der Waals surface area contributed by atoms with Crippen LogP contribution in [0.15, 0.2) is 71.6 Å². The quantitative estimate of drug-likeness (QED) is 0.588. The molecule has 1 amide bonds. The number of amides is 1. The maximum absolute atomic E-state index is 12.9. The fourth-order valence-electron chi connectivity index (χ4n) is 3.53. The minimum atomic E-state index is -3.85. The largest absolute Gasteiger partial charge is 0.326 e. The highest BCUT2D eigenvalue weighted by atomic mass is 35.5. The van der Waals surface area contributed by atoms with Gasteiger partial charge in [-0.05, 0) is 53.4 Å². The third kappa shape index (κ3) is 4.41. The molecular weight excluding hydrogens is 434 g/mol. The van der Waals surface area contributed by atoms with Crippen molar-refractivity contribution in [3.8, 4) is 6.07 Å². The molecule has 8 heteroatoms. The van der Waals surface area contributed by atoms with Crippen LogP contribution in [0.4, 0.5) is 11.4 Å². The Morgan fingerprint density at radius 3 is 2.52 bits per heavy atom. The van der Waals surface area contributed by atoms with E-state index in [4.69, 9.17) is 11.6 Å². The lowest BCUT2D eigenvalue weighted by Gasteiger charge is -2.18. The molecule has 3 aromatic rings. The van der Waals surface area contributed by atoms with E-state index in [0.717, 1.165) is 11.1 Å². The van der Waals surface area contributed by atoms with E-state index in [1.165, 1.54) is 12.1 Å². The molecule has 3 aromatic carbocycles. The standard InChI is InChI=1S/C23H18ClN3O3S/c24-21-13-17(7-9-19(21)20(14-25)15-4-2-1-3-5-15)27-31(29,30)18-8-10-22-16(12-18)6-11-23(28)26-22/h1-5,7-10,12-13,20,27H,6,11H2,(H,26,28)/t20-/m1/s1. The molecule has 0 radical (unpaired) electrons. The molecule has 1 heterocycles. The van der Waals surface area contributed by atoms with Gasteiger partial charge in [0.1, 0.15) is 0 Å². The molecule has 2 N–H and O–H groups in total. The van der Waals surface area contributed by atoms with Crippen LogP contribution in [0.5, 0.6) is 0 Å². The van der Waals surface area contributed by atoms with Crippen molar-refractivity contribution >= 4 is 38.9 Å². The van der Waals surface area contributed by atoms with Crippen LogP contribution in [-0.2, 0) is 21.2 Å². The number of hydrogen-bond donors (Lipinski definition) is 2. The summed E-state index contributed by atoms with van der Waals surface area (Å²) in [4.78, 5) is 11.6. The second-order valence-corrected chi connectivity index (χ2v) is 9.27. The number of nitriles is 1. The normalized spacial score (nSPS) is 14.1. The number of halogens is 1. The molecule has 0 aromatic heterocycles. The van der Waals surface area contributed by atoms with Gasteiger partial charge >= 0.3 is 0 Å². The highest BCUT2D eigenvalue weighted by Crippen LogP contribution is 2.33. The van der Waals surface area contributed by atoms with Gasteiger partial charge in [0.2, 0.25) is 5.91 Å². The summed E-state index contributed by atoms with van der Waals surface area (Å²) in [5, 5.41) is 12.7. The van der Waals surface area contributed by atoms with Crippen LogP contribution < -0.4 is 10.0 Å². The molecule has 31 heavy (non-hydrogen) atoms. The summed E-state index contributed by atoms with van der Waals surface area (Å²) in [5.41, 5.74) is 3.11. The third-order valence-corrected chi connectivity index (χ3v) is 6.81. The first-order valence-corrected chi connectivity index (χ1v) is 11.4. The van der Waals surface area contributed by atoms with Crippen LogP contribution in [0.2, 0.25) is 5.02 Å². The van der Waals surface area contributed by atoms with E-state index < -0.39 is 15.9 Å². The van der Waals surface area contributed by atoms with Crippen LogP contribution >= 0.6 is 11.6 Å². The maximum Gasteiger partial charge on any atom is 0.261 e. The second kappa shape index (κ2) is 8.42. The van der Waals surface area contributed by atoms with Crippen molar-refractivity contribution in [2.45, 2.75) is 23.7 Å². The Bertz CT molecular complexity index is 1300. The average molecular weight is 452 g/mol. The Balaban J connectivity index is 1.59. The van der Waals surface area contributed by atoms with E-state index in [1.807, 2.05) is 30.3 Å². The molecular formula is C23H18ClN3O3S. The molecule has 6 nitrogen and oxygen atoms in total. The molecule has 0 saturated heterocycles. The number of hydrogen-bond acceptors (Lipinski definition) is 4. The molecule has 4 rings (SSSR count). The Hall–Kier alpha value is -3.34. The van der Waals surface area contributed by atoms with Gasteiger partial charge in [-0.25, -0.2) is 8.42 Å². The van der Waals surface area contributed by atoms with E-state index in [-0.39, 0.29) is 10.8 Å². The number of anilines is 2. The lowest BCUT2D eigenvalue weighted by molar-refractivity contribution is -0.116. The van der Waals surface area contributed by atoms with Crippen LogP contribution in [0, 0.1) is 11.3 Å². The predicted molar refractivity (Wildman–Crippen MR) is 120 cm³/mol. The van der Waals surface area contributed by atoms with E-state index in [2.05, 4.69) is 16.1 Å². The summed E-state index contributed by atoms with van der Waals surface area (Å²) >= 11 is 6.41. The van der Waals surface area contributed by atoms with Gasteiger partial charge < -0.3 is 5.32 Å². The molecule has 156 valence electrons. The molecule has 0 unspecified atom stereocenters. The van der Waals surface area contributed by atoms with Crippen LogP contribution in [-0.4, -0.2) is 14.3 Å². The number of carbonyl (C=O) groups is 1. The number of benzene rings is 3. The van der Waals surface area contributed by atoms with Gasteiger partial charge in [0, 0.05) is 17.1 Å². The highest BCUT2D eigenvalue weighted by Gasteiger charge is 2.21. The predicted octanol–water partition coefficient (Wildman–Crippen LogP) is 4.68. The lowest BCUT2D eigenvalue weighted by atomic mass is 9.92. The molecule has 0 fully saturated rings. The minimum absolute atomic E-state index is 0.0814. The monoisotopic (exact) mass is 451 g/mol. The van der Waals surface area contributed by atoms with Crippen LogP contribution in [0.3, 0.4) is 0 Å². The molecule has 0 aliphatic carbocycles. The smallest absolute Gasteiger partial charge is 0.261 e. The van der Waals surface area contributed by atoms with Gasteiger partial charge in [0.15, 0.2) is 0 Å². The first-order valence-electron chi connectivity index (χ1n) is 9.57. The number of nitrogens with zero attached hydrogens (tertiary/aromatic N) is 1. The maximum atomic E-state index is 12.9. The first kappa shape index (κ1) is 20.9. The summed E-state index contributed by atoms with van der Waals surface area (Å²) in [6.07, 6.45) is 0.808. The van der Waals surface area contributed by atoms with Crippen LogP contribution in [0.1, 0.15) is 29.0 Å². The van der Waals surface area contributed by atoms with Crippen LogP contribution in [0.25, 0.3) is 0 Å². The Kier molecular flexibility index (Phi) is 5.68. The van der Waals surface area contributed by atoms with Gasteiger partial charge in [-0.2, -0.15) is 5.26 Å². The SMILES string of the molecule is N#C[C@H](c1ccccc1)c1ccc(NS(=O)(=O)c2ccc3c(c2)CCC(=O)N3)cc1Cl. The zero-order valence-electron chi connectivity index (χ0n) is 16.3. The molecule has 1 aliphatic heterocycles. The van der Waals surface area contributed by atoms with Crippen molar-refractivity contribution in [2.75, 3.05) is 10.0 Å².